The van der Waals surface area contributed by atoms with Crippen molar-refractivity contribution in [1.82, 2.24) is 5.32 Å². The minimum absolute atomic E-state index is 0.0107. The molecule has 1 aromatic carbocycles. The highest BCUT2D eigenvalue weighted by molar-refractivity contribution is 8.00. The van der Waals surface area contributed by atoms with Crippen molar-refractivity contribution in [2.24, 2.45) is 5.73 Å². The average Bonchev–Trinajstić information content (AvgIpc) is 2.35. The second kappa shape index (κ2) is 5.53. The fourth-order valence-electron chi connectivity index (χ4n) is 1.80. The monoisotopic (exact) mass is 251 g/mol. The Kier molecular flexibility index (Phi) is 4.04. The Morgan fingerprint density at radius 2 is 2.41 bits per heavy atom. The van der Waals surface area contributed by atoms with E-state index in [1.165, 1.54) is 0 Å². The first-order valence-electron chi connectivity index (χ1n) is 5.67. The minimum atomic E-state index is 0.0107. The molecule has 92 valence electrons. The molecule has 0 aliphatic carbocycles. The molecular formula is C12H17N3OS. The van der Waals surface area contributed by atoms with Gasteiger partial charge in [-0.25, -0.2) is 0 Å². The summed E-state index contributed by atoms with van der Waals surface area (Å²) in [6, 6.07) is 6.08. The first-order valence-corrected chi connectivity index (χ1v) is 6.66. The van der Waals surface area contributed by atoms with Gasteiger partial charge in [-0.1, -0.05) is 6.07 Å². The fraction of sp³-hybridized carbons (Fsp3) is 0.417. The van der Waals surface area contributed by atoms with Crippen molar-refractivity contribution in [2.75, 3.05) is 24.7 Å². The summed E-state index contributed by atoms with van der Waals surface area (Å²) in [6.45, 7) is 0.888. The highest BCUT2D eigenvalue weighted by atomic mass is 32.2. The molecule has 17 heavy (non-hydrogen) atoms. The van der Waals surface area contributed by atoms with Crippen molar-refractivity contribution in [2.45, 2.75) is 17.4 Å². The zero-order chi connectivity index (χ0) is 12.3. The van der Waals surface area contributed by atoms with E-state index in [0.717, 1.165) is 29.1 Å². The van der Waals surface area contributed by atoms with Crippen molar-refractivity contribution >= 4 is 23.4 Å². The molecule has 4 nitrogen and oxygen atoms in total. The van der Waals surface area contributed by atoms with Crippen LogP contribution in [0.4, 0.5) is 5.69 Å². The molecule has 1 aliphatic rings. The van der Waals surface area contributed by atoms with Gasteiger partial charge in [-0.05, 0) is 37.7 Å². The molecule has 5 heteroatoms. The van der Waals surface area contributed by atoms with Crippen LogP contribution in [0, 0.1) is 0 Å². The Labute approximate surface area is 105 Å². The van der Waals surface area contributed by atoms with Crippen molar-refractivity contribution in [1.29, 1.82) is 0 Å². The smallest absolute Gasteiger partial charge is 0.234 e. The summed E-state index contributed by atoms with van der Waals surface area (Å²) in [7, 11) is 1.91. The number of thioether (sulfide) groups is 1. The molecule has 0 spiro atoms. The van der Waals surface area contributed by atoms with Crippen LogP contribution in [0.15, 0.2) is 23.1 Å². The van der Waals surface area contributed by atoms with E-state index in [0.29, 0.717) is 5.75 Å². The van der Waals surface area contributed by atoms with Gasteiger partial charge in [0.1, 0.15) is 0 Å². The van der Waals surface area contributed by atoms with Gasteiger partial charge in [0.15, 0.2) is 0 Å². The van der Waals surface area contributed by atoms with Gasteiger partial charge >= 0.3 is 0 Å². The van der Waals surface area contributed by atoms with Crippen LogP contribution in [0.1, 0.15) is 18.0 Å². The number of nitrogens with two attached hydrogens (primary N) is 1. The Hall–Kier alpha value is -1.04. The maximum absolute atomic E-state index is 11.3. The standard InChI is InChI=1S/C12H17N3OS/c1-14-5-4-9(13)8-2-3-11-10(6-8)15-12(16)7-17-11/h2-3,6,9,14H,4-5,7,13H2,1H3,(H,15,16). The van der Waals surface area contributed by atoms with Gasteiger partial charge in [-0.15, -0.1) is 11.8 Å². The molecule has 0 saturated heterocycles. The molecule has 1 aromatic rings. The maximum atomic E-state index is 11.3. The zero-order valence-electron chi connectivity index (χ0n) is 9.82. The summed E-state index contributed by atoms with van der Waals surface area (Å²) in [5, 5.41) is 5.96. The number of fused-ring (bicyclic) bond motifs is 1. The molecule has 1 unspecified atom stereocenters. The number of nitrogens with one attached hydrogen (secondary N) is 2. The number of hydrogen-bond acceptors (Lipinski definition) is 4. The van der Waals surface area contributed by atoms with Crippen molar-refractivity contribution in [3.05, 3.63) is 23.8 Å². The normalized spacial score (nSPS) is 16.2. The molecule has 2 rings (SSSR count). The summed E-state index contributed by atoms with van der Waals surface area (Å²) < 4.78 is 0. The van der Waals surface area contributed by atoms with Gasteiger partial charge in [0.05, 0.1) is 11.4 Å². The highest BCUT2D eigenvalue weighted by Crippen LogP contribution is 2.33. The minimum Gasteiger partial charge on any atom is -0.324 e. The van der Waals surface area contributed by atoms with Crippen LogP contribution < -0.4 is 16.4 Å². The van der Waals surface area contributed by atoms with Crippen molar-refractivity contribution in [3.63, 3.8) is 0 Å². The fourth-order valence-corrected chi connectivity index (χ4v) is 2.59. The number of benzene rings is 1. The lowest BCUT2D eigenvalue weighted by molar-refractivity contribution is -0.113. The number of amides is 1. The van der Waals surface area contributed by atoms with Crippen molar-refractivity contribution < 1.29 is 4.79 Å². The Morgan fingerprint density at radius 1 is 1.59 bits per heavy atom. The lowest BCUT2D eigenvalue weighted by Gasteiger charge is -2.19. The highest BCUT2D eigenvalue weighted by Gasteiger charge is 2.16. The molecular weight excluding hydrogens is 234 g/mol. The molecule has 4 N–H and O–H groups in total. The second-order valence-electron chi connectivity index (χ2n) is 4.09. The third-order valence-electron chi connectivity index (χ3n) is 2.77. The maximum Gasteiger partial charge on any atom is 0.234 e. The van der Waals surface area contributed by atoms with Crippen LogP contribution in [0.3, 0.4) is 0 Å². The number of carbonyl (C=O) groups excluding carboxylic acids is 1. The summed E-state index contributed by atoms with van der Waals surface area (Å²) in [5.74, 6) is 0.557. The molecule has 1 heterocycles. The number of anilines is 1. The number of carbonyl (C=O) groups is 1. The van der Waals surface area contributed by atoms with Gasteiger partial charge in [-0.3, -0.25) is 4.79 Å². The van der Waals surface area contributed by atoms with Crippen LogP contribution >= 0.6 is 11.8 Å². The summed E-state index contributed by atoms with van der Waals surface area (Å²) >= 11 is 1.57. The Morgan fingerprint density at radius 3 is 3.18 bits per heavy atom. The van der Waals surface area contributed by atoms with Crippen LogP contribution in [0.25, 0.3) is 0 Å². The van der Waals surface area contributed by atoms with E-state index in [-0.39, 0.29) is 11.9 Å². The van der Waals surface area contributed by atoms with E-state index < -0.39 is 0 Å². The molecule has 0 aromatic heterocycles. The van der Waals surface area contributed by atoms with Gasteiger partial charge in [0.25, 0.3) is 0 Å². The third kappa shape index (κ3) is 3.00. The molecule has 0 saturated carbocycles. The first kappa shape index (κ1) is 12.4. The van der Waals surface area contributed by atoms with E-state index in [2.05, 4.69) is 10.6 Å². The zero-order valence-corrected chi connectivity index (χ0v) is 10.6. The second-order valence-corrected chi connectivity index (χ2v) is 5.11. The van der Waals surface area contributed by atoms with Crippen LogP contribution in [-0.2, 0) is 4.79 Å². The van der Waals surface area contributed by atoms with E-state index >= 15 is 0 Å². The first-order chi connectivity index (χ1) is 8.20. The van der Waals surface area contributed by atoms with Crippen LogP contribution in [0.5, 0.6) is 0 Å². The summed E-state index contributed by atoms with van der Waals surface area (Å²) in [6.07, 6.45) is 0.885. The number of hydrogen-bond donors (Lipinski definition) is 3. The van der Waals surface area contributed by atoms with Crippen LogP contribution in [0.2, 0.25) is 0 Å². The molecule has 1 aliphatic heterocycles. The lowest BCUT2D eigenvalue weighted by atomic mass is 10.0. The summed E-state index contributed by atoms with van der Waals surface area (Å²) in [4.78, 5) is 12.4. The quantitative estimate of drug-likeness (QED) is 0.755. The molecule has 1 amide bonds. The SMILES string of the molecule is CNCCC(N)c1ccc2c(c1)NC(=O)CS2. The molecule has 0 fully saturated rings. The van der Waals surface area contributed by atoms with E-state index in [1.54, 1.807) is 11.8 Å². The Balaban J connectivity index is 2.14. The molecule has 0 bridgehead atoms. The lowest BCUT2D eigenvalue weighted by Crippen LogP contribution is -2.21. The van der Waals surface area contributed by atoms with Gasteiger partial charge in [0.2, 0.25) is 5.91 Å². The van der Waals surface area contributed by atoms with E-state index in [9.17, 15) is 4.79 Å². The van der Waals surface area contributed by atoms with Gasteiger partial charge < -0.3 is 16.4 Å². The predicted octanol–water partition coefficient (Wildman–Crippen LogP) is 1.34. The van der Waals surface area contributed by atoms with Gasteiger partial charge in [0, 0.05) is 10.9 Å². The molecule has 0 radical (unpaired) electrons. The third-order valence-corrected chi connectivity index (χ3v) is 3.84. The number of rotatable bonds is 4. The summed E-state index contributed by atoms with van der Waals surface area (Å²) in [5.41, 5.74) is 8.05. The topological polar surface area (TPSA) is 67.2 Å². The van der Waals surface area contributed by atoms with Gasteiger partial charge in [-0.2, -0.15) is 0 Å². The largest absolute Gasteiger partial charge is 0.324 e. The average molecular weight is 251 g/mol. The molecule has 1 atom stereocenters. The van der Waals surface area contributed by atoms with E-state index in [1.807, 2.05) is 25.2 Å². The Bertz CT molecular complexity index is 422. The van der Waals surface area contributed by atoms with Crippen LogP contribution in [-0.4, -0.2) is 25.3 Å². The van der Waals surface area contributed by atoms with Crippen molar-refractivity contribution in [3.8, 4) is 0 Å². The predicted molar refractivity (Wildman–Crippen MR) is 71.3 cm³/mol. The van der Waals surface area contributed by atoms with E-state index in [4.69, 9.17) is 5.73 Å².